The maximum atomic E-state index is 13.4. The van der Waals surface area contributed by atoms with Crippen LogP contribution in [0.3, 0.4) is 0 Å². The van der Waals surface area contributed by atoms with Crippen molar-refractivity contribution in [3.8, 4) is 0 Å². The summed E-state index contributed by atoms with van der Waals surface area (Å²) >= 11 is 0. The van der Waals surface area contributed by atoms with Crippen molar-refractivity contribution in [1.82, 2.24) is 5.32 Å². The van der Waals surface area contributed by atoms with Crippen LogP contribution in [0.4, 0.5) is 8.78 Å². The molecule has 1 aromatic rings. The monoisotopic (exact) mass is 241 g/mol. The van der Waals surface area contributed by atoms with E-state index in [9.17, 15) is 8.78 Å². The SMILES string of the molecule is CC1(NCc2cc(F)ccc2F)CCOCC1. The minimum Gasteiger partial charge on any atom is -0.381 e. The second-order valence-corrected chi connectivity index (χ2v) is 4.76. The van der Waals surface area contributed by atoms with Gasteiger partial charge in [-0.25, -0.2) is 8.78 Å². The molecule has 94 valence electrons. The van der Waals surface area contributed by atoms with Crippen LogP contribution >= 0.6 is 0 Å². The first-order valence-electron chi connectivity index (χ1n) is 5.86. The molecule has 4 heteroatoms. The van der Waals surface area contributed by atoms with Crippen LogP contribution < -0.4 is 5.32 Å². The number of nitrogens with one attached hydrogen (secondary N) is 1. The lowest BCUT2D eigenvalue weighted by molar-refractivity contribution is 0.0445. The van der Waals surface area contributed by atoms with E-state index in [1.807, 2.05) is 0 Å². The third kappa shape index (κ3) is 3.23. The minimum absolute atomic E-state index is 0.0446. The molecule has 0 aromatic heterocycles. The lowest BCUT2D eigenvalue weighted by Crippen LogP contribution is -2.46. The molecular formula is C13H17F2NO. The van der Waals surface area contributed by atoms with Crippen LogP contribution in [-0.2, 0) is 11.3 Å². The van der Waals surface area contributed by atoms with Crippen LogP contribution in [0.1, 0.15) is 25.3 Å². The smallest absolute Gasteiger partial charge is 0.127 e. The van der Waals surface area contributed by atoms with E-state index in [0.717, 1.165) is 32.1 Å². The first kappa shape index (κ1) is 12.5. The average molecular weight is 241 g/mol. The average Bonchev–Trinajstić information content (AvgIpc) is 2.31. The third-order valence-electron chi connectivity index (χ3n) is 3.31. The summed E-state index contributed by atoms with van der Waals surface area (Å²) in [4.78, 5) is 0. The molecule has 0 saturated carbocycles. The number of hydrogen-bond acceptors (Lipinski definition) is 2. The molecule has 0 radical (unpaired) electrons. The Balaban J connectivity index is 1.99. The van der Waals surface area contributed by atoms with Crippen molar-refractivity contribution in [3.63, 3.8) is 0 Å². The number of ether oxygens (including phenoxy) is 1. The fraction of sp³-hybridized carbons (Fsp3) is 0.538. The molecule has 2 rings (SSSR count). The second-order valence-electron chi connectivity index (χ2n) is 4.76. The summed E-state index contributed by atoms with van der Waals surface area (Å²) in [5.41, 5.74) is 0.328. The topological polar surface area (TPSA) is 21.3 Å². The van der Waals surface area contributed by atoms with Gasteiger partial charge in [-0.3, -0.25) is 0 Å². The van der Waals surface area contributed by atoms with Crippen LogP contribution in [0.15, 0.2) is 18.2 Å². The molecule has 1 aromatic carbocycles. The van der Waals surface area contributed by atoms with E-state index in [1.165, 1.54) is 12.1 Å². The van der Waals surface area contributed by atoms with Crippen molar-refractivity contribution >= 4 is 0 Å². The van der Waals surface area contributed by atoms with Crippen LogP contribution in [0.5, 0.6) is 0 Å². The van der Waals surface area contributed by atoms with Crippen molar-refractivity contribution in [1.29, 1.82) is 0 Å². The van der Waals surface area contributed by atoms with Gasteiger partial charge in [0.15, 0.2) is 0 Å². The lowest BCUT2D eigenvalue weighted by Gasteiger charge is -2.34. The van der Waals surface area contributed by atoms with Crippen molar-refractivity contribution < 1.29 is 13.5 Å². The Hall–Kier alpha value is -1.00. The van der Waals surface area contributed by atoms with E-state index >= 15 is 0 Å². The summed E-state index contributed by atoms with van der Waals surface area (Å²) in [6, 6.07) is 3.54. The summed E-state index contributed by atoms with van der Waals surface area (Å²) in [6.45, 7) is 3.87. The van der Waals surface area contributed by atoms with Gasteiger partial charge in [-0.2, -0.15) is 0 Å². The Bertz CT molecular complexity index is 389. The summed E-state index contributed by atoms with van der Waals surface area (Å²) in [7, 11) is 0. The maximum Gasteiger partial charge on any atom is 0.127 e. The van der Waals surface area contributed by atoms with Gasteiger partial charge < -0.3 is 10.1 Å². The predicted octanol–water partition coefficient (Wildman–Crippen LogP) is 2.62. The van der Waals surface area contributed by atoms with Crippen LogP contribution in [0.25, 0.3) is 0 Å². The van der Waals surface area contributed by atoms with Gasteiger partial charge in [0.2, 0.25) is 0 Å². The van der Waals surface area contributed by atoms with Gasteiger partial charge in [0.25, 0.3) is 0 Å². The quantitative estimate of drug-likeness (QED) is 0.878. The highest BCUT2D eigenvalue weighted by atomic mass is 19.1. The molecule has 0 bridgehead atoms. The van der Waals surface area contributed by atoms with E-state index < -0.39 is 5.82 Å². The zero-order valence-electron chi connectivity index (χ0n) is 9.93. The molecule has 0 aliphatic carbocycles. The molecule has 1 aliphatic heterocycles. The van der Waals surface area contributed by atoms with E-state index in [4.69, 9.17) is 4.74 Å². The summed E-state index contributed by atoms with van der Waals surface area (Å²) in [5.74, 6) is -0.769. The van der Waals surface area contributed by atoms with Crippen molar-refractivity contribution in [3.05, 3.63) is 35.4 Å². The van der Waals surface area contributed by atoms with E-state index in [2.05, 4.69) is 12.2 Å². The highest BCUT2D eigenvalue weighted by Gasteiger charge is 2.26. The zero-order valence-corrected chi connectivity index (χ0v) is 9.93. The molecule has 1 N–H and O–H groups in total. The largest absolute Gasteiger partial charge is 0.381 e. The van der Waals surface area contributed by atoms with Gasteiger partial charge in [0.1, 0.15) is 11.6 Å². The first-order valence-corrected chi connectivity index (χ1v) is 5.86. The number of halogens is 2. The van der Waals surface area contributed by atoms with Crippen LogP contribution in [-0.4, -0.2) is 18.8 Å². The lowest BCUT2D eigenvalue weighted by atomic mass is 9.92. The molecule has 1 fully saturated rings. The number of rotatable bonds is 3. The van der Waals surface area contributed by atoms with Crippen molar-refractivity contribution in [2.75, 3.05) is 13.2 Å². The van der Waals surface area contributed by atoms with Gasteiger partial charge in [-0.15, -0.1) is 0 Å². The summed E-state index contributed by atoms with van der Waals surface area (Å²) in [5, 5.41) is 3.30. The molecule has 2 nitrogen and oxygen atoms in total. The predicted molar refractivity (Wildman–Crippen MR) is 61.7 cm³/mol. The number of benzene rings is 1. The number of hydrogen-bond donors (Lipinski definition) is 1. The molecule has 1 saturated heterocycles. The zero-order chi connectivity index (χ0) is 12.3. The fourth-order valence-corrected chi connectivity index (χ4v) is 1.99. The van der Waals surface area contributed by atoms with Gasteiger partial charge >= 0.3 is 0 Å². The van der Waals surface area contributed by atoms with Crippen molar-refractivity contribution in [2.24, 2.45) is 0 Å². The molecule has 0 spiro atoms. The molecule has 17 heavy (non-hydrogen) atoms. The first-order chi connectivity index (χ1) is 8.09. The second kappa shape index (κ2) is 5.10. The molecule has 1 aliphatic rings. The minimum atomic E-state index is -0.402. The Kier molecular flexibility index (Phi) is 3.74. The third-order valence-corrected chi connectivity index (χ3v) is 3.31. The summed E-state index contributed by atoms with van der Waals surface area (Å²) < 4.78 is 31.7. The van der Waals surface area contributed by atoms with Crippen LogP contribution in [0.2, 0.25) is 0 Å². The molecule has 1 heterocycles. The Morgan fingerprint density at radius 2 is 2.00 bits per heavy atom. The highest BCUT2D eigenvalue weighted by molar-refractivity contribution is 5.18. The Morgan fingerprint density at radius 3 is 2.71 bits per heavy atom. The molecule has 0 unspecified atom stereocenters. The normalized spacial score (nSPS) is 19.2. The van der Waals surface area contributed by atoms with Gasteiger partial charge in [0, 0.05) is 30.9 Å². The standard InChI is InChI=1S/C13H17F2NO/c1-13(4-6-17-7-5-13)16-9-10-8-11(14)2-3-12(10)15/h2-3,8,16H,4-7,9H2,1H3. The Labute approximate surface area is 100.0 Å². The van der Waals surface area contributed by atoms with Gasteiger partial charge in [-0.05, 0) is 38.0 Å². The van der Waals surface area contributed by atoms with Gasteiger partial charge in [-0.1, -0.05) is 0 Å². The molecule has 0 amide bonds. The fourth-order valence-electron chi connectivity index (χ4n) is 1.99. The van der Waals surface area contributed by atoms with Gasteiger partial charge in [0.05, 0.1) is 0 Å². The van der Waals surface area contributed by atoms with E-state index in [1.54, 1.807) is 0 Å². The maximum absolute atomic E-state index is 13.4. The van der Waals surface area contributed by atoms with E-state index in [-0.39, 0.29) is 11.4 Å². The van der Waals surface area contributed by atoms with Crippen LogP contribution in [0, 0.1) is 11.6 Å². The molecular weight excluding hydrogens is 224 g/mol. The summed E-state index contributed by atoms with van der Waals surface area (Å²) in [6.07, 6.45) is 1.79. The Morgan fingerprint density at radius 1 is 1.29 bits per heavy atom. The molecule has 0 atom stereocenters. The van der Waals surface area contributed by atoms with Crippen molar-refractivity contribution in [2.45, 2.75) is 31.8 Å². The highest BCUT2D eigenvalue weighted by Crippen LogP contribution is 2.21. The van der Waals surface area contributed by atoms with E-state index in [0.29, 0.717) is 12.1 Å².